The summed E-state index contributed by atoms with van der Waals surface area (Å²) in [4.78, 5) is 12.2. The van der Waals surface area contributed by atoms with E-state index in [1.54, 1.807) is 30.3 Å². The van der Waals surface area contributed by atoms with E-state index in [1.165, 1.54) is 35.2 Å². The number of amides is 1. The summed E-state index contributed by atoms with van der Waals surface area (Å²) < 4.78 is 13.6. The van der Waals surface area contributed by atoms with Gasteiger partial charge in [0, 0.05) is 15.8 Å². The molecule has 1 amide bonds. The first kappa shape index (κ1) is 19.1. The zero-order chi connectivity index (χ0) is 18.5. The van der Waals surface area contributed by atoms with Gasteiger partial charge in [0.15, 0.2) is 4.34 Å². The van der Waals surface area contributed by atoms with Gasteiger partial charge in [-0.2, -0.15) is 0 Å². The average Bonchev–Trinajstić information content (AvgIpc) is 3.05. The Morgan fingerprint density at radius 1 is 1.12 bits per heavy atom. The SMILES string of the molecule is O=C(Cc1c(Cl)cccc1Cl)Nc1nnc(SCc2ccc(F)cc2)s1. The molecule has 26 heavy (non-hydrogen) atoms. The number of rotatable bonds is 6. The maximum Gasteiger partial charge on any atom is 0.230 e. The number of carbonyl (C=O) groups is 1. The molecule has 0 bridgehead atoms. The number of benzene rings is 2. The number of carbonyl (C=O) groups excluding carboxylic acids is 1. The van der Waals surface area contributed by atoms with Gasteiger partial charge in [0.1, 0.15) is 5.82 Å². The third-order valence-electron chi connectivity index (χ3n) is 3.33. The van der Waals surface area contributed by atoms with Crippen LogP contribution in [0.1, 0.15) is 11.1 Å². The fraction of sp³-hybridized carbons (Fsp3) is 0.118. The number of nitrogens with zero attached hydrogens (tertiary/aromatic N) is 2. The number of aromatic nitrogens is 2. The van der Waals surface area contributed by atoms with Crippen molar-refractivity contribution in [3.8, 4) is 0 Å². The number of thioether (sulfide) groups is 1. The van der Waals surface area contributed by atoms with E-state index in [2.05, 4.69) is 15.5 Å². The first-order valence-electron chi connectivity index (χ1n) is 7.45. The van der Waals surface area contributed by atoms with Crippen LogP contribution in [0.3, 0.4) is 0 Å². The van der Waals surface area contributed by atoms with Crippen molar-refractivity contribution in [2.75, 3.05) is 5.32 Å². The van der Waals surface area contributed by atoms with Crippen LogP contribution in [0.15, 0.2) is 46.8 Å². The third-order valence-corrected chi connectivity index (χ3v) is 6.08. The minimum atomic E-state index is -0.272. The molecule has 1 heterocycles. The normalized spacial score (nSPS) is 10.7. The van der Waals surface area contributed by atoms with Crippen LogP contribution < -0.4 is 5.32 Å². The van der Waals surface area contributed by atoms with Gasteiger partial charge in [0.25, 0.3) is 0 Å². The van der Waals surface area contributed by atoms with Crippen LogP contribution in [0.5, 0.6) is 0 Å². The number of halogens is 3. The van der Waals surface area contributed by atoms with Crippen molar-refractivity contribution in [2.24, 2.45) is 0 Å². The maximum absolute atomic E-state index is 12.9. The second-order valence-corrected chi connectivity index (χ2v) is 8.23. The van der Waals surface area contributed by atoms with E-state index in [0.29, 0.717) is 30.8 Å². The van der Waals surface area contributed by atoms with E-state index in [4.69, 9.17) is 23.2 Å². The van der Waals surface area contributed by atoms with E-state index in [0.717, 1.165) is 5.56 Å². The molecule has 0 saturated carbocycles. The largest absolute Gasteiger partial charge is 0.300 e. The highest BCUT2D eigenvalue weighted by Crippen LogP contribution is 2.29. The van der Waals surface area contributed by atoms with E-state index in [1.807, 2.05) is 0 Å². The first-order chi connectivity index (χ1) is 12.5. The number of nitrogens with one attached hydrogen (secondary N) is 1. The summed E-state index contributed by atoms with van der Waals surface area (Å²) in [6, 6.07) is 11.4. The summed E-state index contributed by atoms with van der Waals surface area (Å²) in [5.41, 5.74) is 1.55. The van der Waals surface area contributed by atoms with Crippen LogP contribution in [0.4, 0.5) is 9.52 Å². The molecule has 3 rings (SSSR count). The van der Waals surface area contributed by atoms with Crippen LogP contribution in [-0.4, -0.2) is 16.1 Å². The van der Waals surface area contributed by atoms with Crippen molar-refractivity contribution < 1.29 is 9.18 Å². The molecule has 134 valence electrons. The highest BCUT2D eigenvalue weighted by molar-refractivity contribution is 8.00. The maximum atomic E-state index is 12.9. The molecule has 0 unspecified atom stereocenters. The molecule has 0 radical (unpaired) electrons. The number of hydrogen-bond acceptors (Lipinski definition) is 5. The smallest absolute Gasteiger partial charge is 0.230 e. The molecule has 0 fully saturated rings. The Kier molecular flexibility index (Phi) is 6.48. The summed E-state index contributed by atoms with van der Waals surface area (Å²) in [5.74, 6) is 0.0995. The van der Waals surface area contributed by atoms with Crippen molar-refractivity contribution >= 4 is 57.3 Å². The highest BCUT2D eigenvalue weighted by atomic mass is 35.5. The lowest BCUT2D eigenvalue weighted by Crippen LogP contribution is -2.14. The van der Waals surface area contributed by atoms with Crippen LogP contribution in [0.25, 0.3) is 0 Å². The Bertz CT molecular complexity index is 898. The first-order valence-corrected chi connectivity index (χ1v) is 10.0. The fourth-order valence-corrected chi connectivity index (χ4v) is 4.32. The molecule has 0 aliphatic rings. The molecular weight excluding hydrogens is 416 g/mol. The van der Waals surface area contributed by atoms with Crippen molar-refractivity contribution in [3.05, 3.63) is 69.5 Å². The zero-order valence-corrected chi connectivity index (χ0v) is 16.4. The fourth-order valence-electron chi connectivity index (χ4n) is 2.07. The van der Waals surface area contributed by atoms with Crippen LogP contribution in [0, 0.1) is 5.82 Å². The minimum Gasteiger partial charge on any atom is -0.300 e. The lowest BCUT2D eigenvalue weighted by atomic mass is 10.1. The molecule has 1 N–H and O–H groups in total. The lowest BCUT2D eigenvalue weighted by Gasteiger charge is -2.06. The molecule has 0 atom stereocenters. The van der Waals surface area contributed by atoms with Gasteiger partial charge >= 0.3 is 0 Å². The molecule has 0 aliphatic carbocycles. The molecule has 0 aliphatic heterocycles. The van der Waals surface area contributed by atoms with Gasteiger partial charge in [-0.1, -0.05) is 64.5 Å². The summed E-state index contributed by atoms with van der Waals surface area (Å²) in [6.07, 6.45) is 0.0517. The van der Waals surface area contributed by atoms with E-state index in [9.17, 15) is 9.18 Å². The minimum absolute atomic E-state index is 0.0517. The molecular formula is C17H12Cl2FN3OS2. The zero-order valence-electron chi connectivity index (χ0n) is 13.2. The van der Waals surface area contributed by atoms with Gasteiger partial charge in [-0.05, 0) is 35.4 Å². The molecule has 2 aromatic carbocycles. The molecule has 0 spiro atoms. The molecule has 0 saturated heterocycles. The van der Waals surface area contributed by atoms with Crippen LogP contribution in [-0.2, 0) is 17.0 Å². The van der Waals surface area contributed by atoms with Crippen molar-refractivity contribution in [1.29, 1.82) is 0 Å². The Morgan fingerprint density at radius 2 is 1.81 bits per heavy atom. The molecule has 9 heteroatoms. The predicted octanol–water partition coefficient (Wildman–Crippen LogP) is 5.46. The standard InChI is InChI=1S/C17H12Cl2FN3OS2/c18-13-2-1-3-14(19)12(13)8-15(24)21-16-22-23-17(26-16)25-9-10-4-6-11(20)7-5-10/h1-7H,8-9H2,(H,21,22,24). The topological polar surface area (TPSA) is 54.9 Å². The Labute approximate surface area is 167 Å². The van der Waals surface area contributed by atoms with Gasteiger partial charge in [0.2, 0.25) is 11.0 Å². The van der Waals surface area contributed by atoms with Crippen LogP contribution in [0.2, 0.25) is 10.0 Å². The van der Waals surface area contributed by atoms with E-state index < -0.39 is 0 Å². The average molecular weight is 428 g/mol. The summed E-state index contributed by atoms with van der Waals surface area (Å²) in [6.45, 7) is 0. The highest BCUT2D eigenvalue weighted by Gasteiger charge is 2.13. The second kappa shape index (κ2) is 8.81. The van der Waals surface area contributed by atoms with E-state index >= 15 is 0 Å². The Morgan fingerprint density at radius 3 is 2.50 bits per heavy atom. The Hall–Kier alpha value is -1.67. The quantitative estimate of drug-likeness (QED) is 0.419. The second-order valence-electron chi connectivity index (χ2n) is 5.21. The van der Waals surface area contributed by atoms with Crippen molar-refractivity contribution in [1.82, 2.24) is 10.2 Å². The number of anilines is 1. The van der Waals surface area contributed by atoms with Crippen molar-refractivity contribution in [3.63, 3.8) is 0 Å². The monoisotopic (exact) mass is 427 g/mol. The Balaban J connectivity index is 1.56. The van der Waals surface area contributed by atoms with Crippen molar-refractivity contribution in [2.45, 2.75) is 16.5 Å². The van der Waals surface area contributed by atoms with Gasteiger partial charge in [-0.25, -0.2) is 4.39 Å². The molecule has 4 nitrogen and oxygen atoms in total. The summed E-state index contributed by atoms with van der Waals surface area (Å²) >= 11 is 14.9. The van der Waals surface area contributed by atoms with Gasteiger partial charge < -0.3 is 5.32 Å². The van der Waals surface area contributed by atoms with E-state index in [-0.39, 0.29) is 18.1 Å². The van der Waals surface area contributed by atoms with Gasteiger partial charge in [-0.15, -0.1) is 10.2 Å². The summed E-state index contributed by atoms with van der Waals surface area (Å²) in [7, 11) is 0. The molecule has 3 aromatic rings. The van der Waals surface area contributed by atoms with Crippen LogP contribution >= 0.6 is 46.3 Å². The summed E-state index contributed by atoms with van der Waals surface area (Å²) in [5, 5.41) is 12.0. The predicted molar refractivity (Wildman–Crippen MR) is 105 cm³/mol. The van der Waals surface area contributed by atoms with Gasteiger partial charge in [0.05, 0.1) is 6.42 Å². The molecule has 1 aromatic heterocycles. The lowest BCUT2D eigenvalue weighted by molar-refractivity contribution is -0.115. The van der Waals surface area contributed by atoms with Gasteiger partial charge in [-0.3, -0.25) is 4.79 Å². The number of hydrogen-bond donors (Lipinski definition) is 1. The third kappa shape index (κ3) is 5.17.